The summed E-state index contributed by atoms with van der Waals surface area (Å²) in [5.74, 6) is 0.860. The molecule has 1 fully saturated rings. The van der Waals surface area contributed by atoms with Crippen molar-refractivity contribution in [1.29, 1.82) is 0 Å². The van der Waals surface area contributed by atoms with Gasteiger partial charge in [0.15, 0.2) is 0 Å². The zero-order valence-corrected chi connectivity index (χ0v) is 8.51. The lowest BCUT2D eigenvalue weighted by molar-refractivity contribution is 0.203. The van der Waals surface area contributed by atoms with Gasteiger partial charge in [-0.1, -0.05) is 6.92 Å². The van der Waals surface area contributed by atoms with Crippen LogP contribution in [-0.2, 0) is 0 Å². The smallest absolute Gasteiger partial charge is 0.0168 e. The van der Waals surface area contributed by atoms with E-state index >= 15 is 0 Å². The second kappa shape index (κ2) is 4.80. The number of nitrogens with one attached hydrogen (secondary N) is 1. The van der Waals surface area contributed by atoms with Crippen LogP contribution in [0.4, 0.5) is 0 Å². The van der Waals surface area contributed by atoms with Crippen LogP contribution in [0.3, 0.4) is 0 Å². The lowest BCUT2D eigenvalue weighted by Crippen LogP contribution is -2.38. The minimum absolute atomic E-state index is 0.860. The Labute approximate surface area is 75.7 Å². The van der Waals surface area contributed by atoms with Crippen LogP contribution < -0.4 is 5.43 Å². The first kappa shape index (κ1) is 9.96. The molecule has 0 saturated carbocycles. The molecule has 0 unspecified atom stereocenters. The van der Waals surface area contributed by atoms with E-state index in [2.05, 4.69) is 36.4 Å². The highest BCUT2D eigenvalue weighted by Gasteiger charge is 2.20. The van der Waals surface area contributed by atoms with Crippen molar-refractivity contribution in [2.75, 3.05) is 40.3 Å². The monoisotopic (exact) mass is 171 g/mol. The largest absolute Gasteiger partial charge is 0.306 e. The molecular formula is C9H21N3. The normalized spacial score (nSPS) is 25.5. The second-order valence-corrected chi connectivity index (χ2v) is 3.81. The Morgan fingerprint density at radius 2 is 2.33 bits per heavy atom. The standard InChI is InChI=1S/C9H21N3/c1-4-10-12(3)8-9-5-6-11(2)7-9/h9-10H,4-8H2,1-3H3/t9-/m0/s1. The molecule has 0 bridgehead atoms. The third-order valence-electron chi connectivity index (χ3n) is 2.45. The first-order valence-corrected chi connectivity index (χ1v) is 4.85. The Kier molecular flexibility index (Phi) is 3.98. The molecule has 3 heteroatoms. The van der Waals surface area contributed by atoms with Gasteiger partial charge in [-0.05, 0) is 25.9 Å². The first-order valence-electron chi connectivity index (χ1n) is 4.85. The van der Waals surface area contributed by atoms with Crippen LogP contribution in [0, 0.1) is 5.92 Å². The zero-order valence-electron chi connectivity index (χ0n) is 8.51. The molecule has 0 radical (unpaired) electrons. The zero-order chi connectivity index (χ0) is 8.97. The molecule has 1 heterocycles. The summed E-state index contributed by atoms with van der Waals surface area (Å²) >= 11 is 0. The SMILES string of the molecule is CCNN(C)C[C@H]1CCN(C)C1. The van der Waals surface area contributed by atoms with Crippen molar-refractivity contribution < 1.29 is 0 Å². The fourth-order valence-corrected chi connectivity index (χ4v) is 1.90. The molecule has 12 heavy (non-hydrogen) atoms. The van der Waals surface area contributed by atoms with E-state index in [1.165, 1.54) is 26.1 Å². The summed E-state index contributed by atoms with van der Waals surface area (Å²) in [7, 11) is 4.33. The maximum atomic E-state index is 3.30. The highest BCUT2D eigenvalue weighted by atomic mass is 15.5. The molecule has 72 valence electrons. The van der Waals surface area contributed by atoms with Gasteiger partial charge in [0, 0.05) is 26.7 Å². The van der Waals surface area contributed by atoms with Crippen LogP contribution in [0.1, 0.15) is 13.3 Å². The fraction of sp³-hybridized carbons (Fsp3) is 1.00. The summed E-state index contributed by atoms with van der Waals surface area (Å²) in [5.41, 5.74) is 3.30. The Morgan fingerprint density at radius 3 is 2.83 bits per heavy atom. The molecule has 1 saturated heterocycles. The predicted molar refractivity (Wildman–Crippen MR) is 51.9 cm³/mol. The van der Waals surface area contributed by atoms with E-state index in [-0.39, 0.29) is 0 Å². The molecule has 1 aliphatic heterocycles. The van der Waals surface area contributed by atoms with Crippen molar-refractivity contribution in [2.45, 2.75) is 13.3 Å². The maximum Gasteiger partial charge on any atom is 0.0168 e. The summed E-state index contributed by atoms with van der Waals surface area (Å²) in [5, 5.41) is 2.21. The van der Waals surface area contributed by atoms with Gasteiger partial charge in [-0.3, -0.25) is 5.43 Å². The van der Waals surface area contributed by atoms with Crippen molar-refractivity contribution in [3.63, 3.8) is 0 Å². The second-order valence-electron chi connectivity index (χ2n) is 3.81. The van der Waals surface area contributed by atoms with E-state index in [0.717, 1.165) is 12.5 Å². The topological polar surface area (TPSA) is 18.5 Å². The molecule has 0 spiro atoms. The third-order valence-corrected chi connectivity index (χ3v) is 2.45. The van der Waals surface area contributed by atoms with Gasteiger partial charge in [-0.15, -0.1) is 0 Å². The molecule has 0 amide bonds. The highest BCUT2D eigenvalue weighted by molar-refractivity contribution is 4.74. The molecule has 1 atom stereocenters. The fourth-order valence-electron chi connectivity index (χ4n) is 1.90. The van der Waals surface area contributed by atoms with Crippen molar-refractivity contribution in [1.82, 2.24) is 15.3 Å². The van der Waals surface area contributed by atoms with E-state index in [9.17, 15) is 0 Å². The minimum Gasteiger partial charge on any atom is -0.306 e. The van der Waals surface area contributed by atoms with E-state index < -0.39 is 0 Å². The first-order chi connectivity index (χ1) is 5.72. The summed E-state index contributed by atoms with van der Waals surface area (Å²) < 4.78 is 0. The molecule has 0 aromatic heterocycles. The minimum atomic E-state index is 0.860. The molecular weight excluding hydrogens is 150 g/mol. The number of hydrogen-bond donors (Lipinski definition) is 1. The van der Waals surface area contributed by atoms with Gasteiger partial charge >= 0.3 is 0 Å². The molecule has 0 aromatic carbocycles. The van der Waals surface area contributed by atoms with Crippen LogP contribution in [0.25, 0.3) is 0 Å². The summed E-state index contributed by atoms with van der Waals surface area (Å²) in [6, 6.07) is 0. The Morgan fingerprint density at radius 1 is 1.58 bits per heavy atom. The van der Waals surface area contributed by atoms with Crippen molar-refractivity contribution >= 4 is 0 Å². The Bertz CT molecular complexity index is 127. The van der Waals surface area contributed by atoms with Crippen molar-refractivity contribution in [3.8, 4) is 0 Å². The summed E-state index contributed by atoms with van der Waals surface area (Å²) in [6.45, 7) is 6.87. The van der Waals surface area contributed by atoms with Crippen LogP contribution in [-0.4, -0.2) is 50.2 Å². The average molecular weight is 171 g/mol. The molecule has 1 rings (SSSR count). The van der Waals surface area contributed by atoms with Crippen molar-refractivity contribution in [3.05, 3.63) is 0 Å². The molecule has 3 nitrogen and oxygen atoms in total. The number of likely N-dealkylation sites (tertiary alicyclic amines) is 1. The summed E-state index contributed by atoms with van der Waals surface area (Å²) in [4.78, 5) is 2.41. The van der Waals surface area contributed by atoms with E-state index in [1.54, 1.807) is 0 Å². The molecule has 0 aromatic rings. The van der Waals surface area contributed by atoms with Gasteiger partial charge in [0.25, 0.3) is 0 Å². The number of hydrazine groups is 1. The van der Waals surface area contributed by atoms with Crippen molar-refractivity contribution in [2.24, 2.45) is 5.92 Å². The van der Waals surface area contributed by atoms with Gasteiger partial charge in [0.05, 0.1) is 0 Å². The molecule has 0 aliphatic carbocycles. The van der Waals surface area contributed by atoms with Gasteiger partial charge in [-0.25, -0.2) is 5.01 Å². The Balaban J connectivity index is 2.14. The van der Waals surface area contributed by atoms with Crippen LogP contribution in [0.2, 0.25) is 0 Å². The van der Waals surface area contributed by atoms with Gasteiger partial charge in [0.2, 0.25) is 0 Å². The maximum absolute atomic E-state index is 3.30. The van der Waals surface area contributed by atoms with Gasteiger partial charge < -0.3 is 4.90 Å². The van der Waals surface area contributed by atoms with Crippen LogP contribution >= 0.6 is 0 Å². The number of rotatable bonds is 4. The number of nitrogens with zero attached hydrogens (tertiary/aromatic N) is 2. The average Bonchev–Trinajstić information content (AvgIpc) is 2.36. The summed E-state index contributed by atoms with van der Waals surface area (Å²) in [6.07, 6.45) is 1.35. The highest BCUT2D eigenvalue weighted by Crippen LogP contribution is 2.14. The lowest BCUT2D eigenvalue weighted by atomic mass is 10.1. The van der Waals surface area contributed by atoms with Crippen LogP contribution in [0.5, 0.6) is 0 Å². The van der Waals surface area contributed by atoms with Gasteiger partial charge in [-0.2, -0.15) is 0 Å². The van der Waals surface area contributed by atoms with E-state index in [1.807, 2.05) is 0 Å². The third kappa shape index (κ3) is 3.09. The quantitative estimate of drug-likeness (QED) is 0.618. The predicted octanol–water partition coefficient (Wildman–Crippen LogP) is 0.394. The molecule has 1 aliphatic rings. The van der Waals surface area contributed by atoms with Gasteiger partial charge in [0.1, 0.15) is 0 Å². The number of hydrogen-bond acceptors (Lipinski definition) is 3. The van der Waals surface area contributed by atoms with E-state index in [4.69, 9.17) is 0 Å². The molecule has 1 N–H and O–H groups in total. The van der Waals surface area contributed by atoms with Crippen LogP contribution in [0.15, 0.2) is 0 Å². The Hall–Kier alpha value is -0.120. The van der Waals surface area contributed by atoms with E-state index in [0.29, 0.717) is 0 Å². The lowest BCUT2D eigenvalue weighted by Gasteiger charge is -2.20.